The Morgan fingerprint density at radius 2 is 1.93 bits per heavy atom. The third kappa shape index (κ3) is 2.83. The second-order valence-electron chi connectivity index (χ2n) is 3.75. The Morgan fingerprint density at radius 3 is 2.43 bits per heavy atom. The van der Waals surface area contributed by atoms with E-state index in [0.29, 0.717) is 6.04 Å². The molecular formula is C9H17ClN2O2. The van der Waals surface area contributed by atoms with Crippen molar-refractivity contribution < 1.29 is 9.53 Å². The van der Waals surface area contributed by atoms with Crippen LogP contribution in [-0.2, 0) is 9.53 Å². The highest BCUT2D eigenvalue weighted by Crippen LogP contribution is 2.09. The lowest BCUT2D eigenvalue weighted by atomic mass is 10.0. The van der Waals surface area contributed by atoms with Gasteiger partial charge in [-0.05, 0) is 12.8 Å². The molecular weight excluding hydrogens is 204 g/mol. The van der Waals surface area contributed by atoms with E-state index in [9.17, 15) is 4.79 Å². The number of halogens is 1. The van der Waals surface area contributed by atoms with Gasteiger partial charge in [-0.1, -0.05) is 0 Å². The Labute approximate surface area is 90.2 Å². The van der Waals surface area contributed by atoms with Crippen LogP contribution in [0, 0.1) is 5.92 Å². The van der Waals surface area contributed by atoms with Gasteiger partial charge in [0.2, 0.25) is 5.91 Å². The molecule has 0 spiro atoms. The highest BCUT2D eigenvalue weighted by Gasteiger charge is 2.26. The number of carbonyl (C=O) groups is 1. The summed E-state index contributed by atoms with van der Waals surface area (Å²) in [6, 6.07) is 0.349. The van der Waals surface area contributed by atoms with Gasteiger partial charge in [0.05, 0.1) is 5.92 Å². The fourth-order valence-corrected chi connectivity index (χ4v) is 1.64. The first-order chi connectivity index (χ1) is 6.36. The second-order valence-corrected chi connectivity index (χ2v) is 3.75. The molecule has 2 heterocycles. The van der Waals surface area contributed by atoms with Gasteiger partial charge < -0.3 is 15.4 Å². The first-order valence-corrected chi connectivity index (χ1v) is 4.95. The van der Waals surface area contributed by atoms with E-state index < -0.39 is 0 Å². The largest absolute Gasteiger partial charge is 0.381 e. The van der Waals surface area contributed by atoms with Crippen molar-refractivity contribution in [3.8, 4) is 0 Å². The van der Waals surface area contributed by atoms with Gasteiger partial charge in [0, 0.05) is 32.3 Å². The van der Waals surface area contributed by atoms with Crippen molar-refractivity contribution >= 4 is 18.3 Å². The molecule has 1 amide bonds. The highest BCUT2D eigenvalue weighted by atomic mass is 35.5. The number of hydrogen-bond donors (Lipinski definition) is 2. The van der Waals surface area contributed by atoms with Gasteiger partial charge in [-0.3, -0.25) is 4.79 Å². The quantitative estimate of drug-likeness (QED) is 0.685. The van der Waals surface area contributed by atoms with Gasteiger partial charge in [-0.25, -0.2) is 0 Å². The van der Waals surface area contributed by atoms with Crippen molar-refractivity contribution in [1.82, 2.24) is 10.6 Å². The first kappa shape index (κ1) is 11.8. The zero-order chi connectivity index (χ0) is 9.10. The van der Waals surface area contributed by atoms with E-state index in [-0.39, 0.29) is 24.2 Å². The van der Waals surface area contributed by atoms with E-state index in [4.69, 9.17) is 4.74 Å². The molecule has 0 atom stereocenters. The summed E-state index contributed by atoms with van der Waals surface area (Å²) in [7, 11) is 0. The van der Waals surface area contributed by atoms with Crippen LogP contribution in [-0.4, -0.2) is 38.3 Å². The lowest BCUT2D eigenvalue weighted by Crippen LogP contribution is -2.53. The average Bonchev–Trinajstić information content (AvgIpc) is 2.02. The van der Waals surface area contributed by atoms with Crippen LogP contribution >= 0.6 is 12.4 Å². The molecule has 2 N–H and O–H groups in total. The number of ether oxygens (including phenoxy) is 1. The van der Waals surface area contributed by atoms with Crippen molar-refractivity contribution in [2.75, 3.05) is 26.3 Å². The van der Waals surface area contributed by atoms with E-state index in [1.54, 1.807) is 0 Å². The zero-order valence-corrected chi connectivity index (χ0v) is 8.94. The fourth-order valence-electron chi connectivity index (χ4n) is 1.64. The molecule has 0 aromatic heterocycles. The van der Waals surface area contributed by atoms with E-state index >= 15 is 0 Å². The predicted molar refractivity (Wildman–Crippen MR) is 55.6 cm³/mol. The average molecular weight is 221 g/mol. The minimum absolute atomic E-state index is 0. The smallest absolute Gasteiger partial charge is 0.225 e. The third-order valence-corrected chi connectivity index (χ3v) is 2.72. The number of rotatable bonds is 2. The van der Waals surface area contributed by atoms with Gasteiger partial charge in [0.25, 0.3) is 0 Å². The minimum Gasteiger partial charge on any atom is -0.381 e. The molecule has 0 aromatic rings. The Bertz CT molecular complexity index is 191. The molecule has 82 valence electrons. The van der Waals surface area contributed by atoms with Crippen LogP contribution in [0.3, 0.4) is 0 Å². The van der Waals surface area contributed by atoms with Gasteiger partial charge >= 0.3 is 0 Å². The summed E-state index contributed by atoms with van der Waals surface area (Å²) in [5.74, 6) is 0.425. The molecule has 2 fully saturated rings. The van der Waals surface area contributed by atoms with Crippen LogP contribution < -0.4 is 10.6 Å². The zero-order valence-electron chi connectivity index (χ0n) is 8.12. The van der Waals surface area contributed by atoms with Crippen LogP contribution in [0.4, 0.5) is 0 Å². The SMILES string of the molecule is Cl.O=C(NC1CCOCC1)C1CNC1. The van der Waals surface area contributed by atoms with Crippen molar-refractivity contribution in [2.24, 2.45) is 5.92 Å². The lowest BCUT2D eigenvalue weighted by molar-refractivity contribution is -0.127. The van der Waals surface area contributed by atoms with Crippen LogP contribution in [0.25, 0.3) is 0 Å². The van der Waals surface area contributed by atoms with Crippen molar-refractivity contribution in [1.29, 1.82) is 0 Å². The van der Waals surface area contributed by atoms with Gasteiger partial charge in [-0.15, -0.1) is 12.4 Å². The molecule has 0 radical (unpaired) electrons. The lowest BCUT2D eigenvalue weighted by Gasteiger charge is -2.29. The van der Waals surface area contributed by atoms with Crippen LogP contribution in [0.1, 0.15) is 12.8 Å². The molecule has 5 heteroatoms. The van der Waals surface area contributed by atoms with Gasteiger partial charge in [0.1, 0.15) is 0 Å². The summed E-state index contributed by atoms with van der Waals surface area (Å²) in [5.41, 5.74) is 0. The molecule has 4 nitrogen and oxygen atoms in total. The molecule has 0 aromatic carbocycles. The van der Waals surface area contributed by atoms with E-state index in [0.717, 1.165) is 39.1 Å². The second kappa shape index (κ2) is 5.53. The standard InChI is InChI=1S/C9H16N2O2.ClH/c12-9(7-5-10-6-7)11-8-1-3-13-4-2-8;/h7-8,10H,1-6H2,(H,11,12);1H. The number of hydrogen-bond acceptors (Lipinski definition) is 3. The molecule has 2 saturated heterocycles. The monoisotopic (exact) mass is 220 g/mol. The van der Waals surface area contributed by atoms with E-state index in [1.807, 2.05) is 0 Å². The Morgan fingerprint density at radius 1 is 1.29 bits per heavy atom. The Balaban J connectivity index is 0.000000980. The molecule has 0 aliphatic carbocycles. The first-order valence-electron chi connectivity index (χ1n) is 4.95. The molecule has 14 heavy (non-hydrogen) atoms. The van der Waals surface area contributed by atoms with Crippen LogP contribution in [0.2, 0.25) is 0 Å². The van der Waals surface area contributed by atoms with E-state index in [2.05, 4.69) is 10.6 Å². The summed E-state index contributed by atoms with van der Waals surface area (Å²) in [4.78, 5) is 11.5. The minimum atomic E-state index is 0. The summed E-state index contributed by atoms with van der Waals surface area (Å²) in [5, 5.41) is 6.16. The van der Waals surface area contributed by atoms with Crippen molar-refractivity contribution in [2.45, 2.75) is 18.9 Å². The summed E-state index contributed by atoms with van der Waals surface area (Å²) in [6.07, 6.45) is 1.93. The molecule has 0 unspecified atom stereocenters. The van der Waals surface area contributed by atoms with Crippen LogP contribution in [0.15, 0.2) is 0 Å². The molecule has 2 aliphatic rings. The van der Waals surface area contributed by atoms with E-state index in [1.165, 1.54) is 0 Å². The van der Waals surface area contributed by atoms with Gasteiger partial charge in [-0.2, -0.15) is 0 Å². The summed E-state index contributed by atoms with van der Waals surface area (Å²) in [6.45, 7) is 3.26. The summed E-state index contributed by atoms with van der Waals surface area (Å²) >= 11 is 0. The molecule has 2 aliphatic heterocycles. The molecule has 2 rings (SSSR count). The maximum atomic E-state index is 11.5. The number of nitrogens with one attached hydrogen (secondary N) is 2. The predicted octanol–water partition coefficient (Wildman–Crippen LogP) is -0.0772. The fraction of sp³-hybridized carbons (Fsp3) is 0.889. The van der Waals surface area contributed by atoms with Crippen molar-refractivity contribution in [3.05, 3.63) is 0 Å². The normalized spacial score (nSPS) is 23.4. The number of carbonyl (C=O) groups excluding carboxylic acids is 1. The summed E-state index contributed by atoms with van der Waals surface area (Å²) < 4.78 is 5.22. The molecule has 0 saturated carbocycles. The third-order valence-electron chi connectivity index (χ3n) is 2.72. The Hall–Kier alpha value is -0.320. The van der Waals surface area contributed by atoms with Crippen molar-refractivity contribution in [3.63, 3.8) is 0 Å². The highest BCUT2D eigenvalue weighted by molar-refractivity contribution is 5.85. The molecule has 0 bridgehead atoms. The van der Waals surface area contributed by atoms with Crippen LogP contribution in [0.5, 0.6) is 0 Å². The maximum absolute atomic E-state index is 11.5. The maximum Gasteiger partial charge on any atom is 0.225 e. The van der Waals surface area contributed by atoms with Gasteiger partial charge in [0.15, 0.2) is 0 Å². The topological polar surface area (TPSA) is 50.4 Å². The number of amides is 1. The Kier molecular flexibility index (Phi) is 4.65.